The molecule has 0 aromatic carbocycles. The highest BCUT2D eigenvalue weighted by atomic mass is 32.2. The largest absolute Gasteiger partial charge is 0.329 e. The quantitative estimate of drug-likeness (QED) is 0.658. The lowest BCUT2D eigenvalue weighted by Crippen LogP contribution is -2.55. The molecule has 0 heterocycles. The van der Waals surface area contributed by atoms with E-state index in [4.69, 9.17) is 5.73 Å². The summed E-state index contributed by atoms with van der Waals surface area (Å²) in [7, 11) is -0.357. The van der Waals surface area contributed by atoms with Crippen LogP contribution in [0, 0.1) is 5.92 Å². The molecule has 0 radical (unpaired) electrons. The summed E-state index contributed by atoms with van der Waals surface area (Å²) >= 11 is 0. The van der Waals surface area contributed by atoms with Gasteiger partial charge in [0.25, 0.3) is 10.2 Å². The molecule has 1 saturated carbocycles. The minimum Gasteiger partial charge on any atom is -0.329 e. The Morgan fingerprint density at radius 3 is 2.29 bits per heavy atom. The number of nitrogens with zero attached hydrogens (tertiary/aromatic N) is 1. The molecule has 84 valence electrons. The summed E-state index contributed by atoms with van der Waals surface area (Å²) < 4.78 is 27.0. The van der Waals surface area contributed by atoms with E-state index in [9.17, 15) is 8.42 Å². The summed E-state index contributed by atoms with van der Waals surface area (Å²) in [5.74, 6) is 0.391. The lowest BCUT2D eigenvalue weighted by atomic mass is 9.98. The first-order valence-corrected chi connectivity index (χ1v) is 6.17. The highest BCUT2D eigenvalue weighted by Crippen LogP contribution is 2.39. The monoisotopic (exact) mass is 221 g/mol. The fourth-order valence-corrected chi connectivity index (χ4v) is 2.42. The van der Waals surface area contributed by atoms with Crippen LogP contribution < -0.4 is 10.5 Å². The predicted octanol–water partition coefficient (Wildman–Crippen LogP) is -0.490. The molecule has 0 aromatic rings. The normalized spacial score (nSPS) is 22.4. The van der Waals surface area contributed by atoms with Crippen molar-refractivity contribution >= 4 is 10.2 Å². The fourth-order valence-electron chi connectivity index (χ4n) is 1.40. The van der Waals surface area contributed by atoms with Gasteiger partial charge in [-0.05, 0) is 25.7 Å². The van der Waals surface area contributed by atoms with Crippen LogP contribution in [-0.2, 0) is 10.2 Å². The lowest BCUT2D eigenvalue weighted by Gasteiger charge is -2.30. The van der Waals surface area contributed by atoms with Crippen molar-refractivity contribution in [2.75, 3.05) is 20.6 Å². The van der Waals surface area contributed by atoms with Crippen molar-refractivity contribution in [1.82, 2.24) is 9.03 Å². The van der Waals surface area contributed by atoms with Gasteiger partial charge in [-0.1, -0.05) is 0 Å². The van der Waals surface area contributed by atoms with E-state index >= 15 is 0 Å². The van der Waals surface area contributed by atoms with Gasteiger partial charge in [0, 0.05) is 26.2 Å². The first kappa shape index (κ1) is 11.9. The molecule has 1 rings (SSSR count). The van der Waals surface area contributed by atoms with Gasteiger partial charge in [-0.15, -0.1) is 0 Å². The smallest absolute Gasteiger partial charge is 0.279 e. The molecule has 3 N–H and O–H groups in total. The summed E-state index contributed by atoms with van der Waals surface area (Å²) in [5, 5.41) is 0. The Labute approximate surface area is 85.8 Å². The molecule has 6 heteroatoms. The number of hydrogen-bond donors (Lipinski definition) is 2. The van der Waals surface area contributed by atoms with Crippen LogP contribution in [0.15, 0.2) is 0 Å². The highest BCUT2D eigenvalue weighted by molar-refractivity contribution is 7.87. The van der Waals surface area contributed by atoms with Crippen LogP contribution in [0.1, 0.15) is 19.8 Å². The van der Waals surface area contributed by atoms with E-state index in [1.54, 1.807) is 0 Å². The van der Waals surface area contributed by atoms with Crippen LogP contribution in [0.4, 0.5) is 0 Å². The van der Waals surface area contributed by atoms with E-state index in [-0.39, 0.29) is 0 Å². The lowest BCUT2D eigenvalue weighted by molar-refractivity contribution is 0.361. The molecule has 5 nitrogen and oxygen atoms in total. The molecule has 0 aromatic heterocycles. The Morgan fingerprint density at radius 1 is 1.50 bits per heavy atom. The van der Waals surface area contributed by atoms with Crippen molar-refractivity contribution in [3.63, 3.8) is 0 Å². The zero-order valence-electron chi connectivity index (χ0n) is 8.95. The molecule has 1 fully saturated rings. The number of nitrogens with two attached hydrogens (primary N) is 1. The van der Waals surface area contributed by atoms with Gasteiger partial charge in [-0.25, -0.2) is 0 Å². The van der Waals surface area contributed by atoms with Crippen LogP contribution >= 0.6 is 0 Å². The van der Waals surface area contributed by atoms with E-state index in [0.717, 1.165) is 12.8 Å². The van der Waals surface area contributed by atoms with E-state index in [0.29, 0.717) is 12.5 Å². The third kappa shape index (κ3) is 2.44. The molecule has 0 aliphatic heterocycles. The van der Waals surface area contributed by atoms with Crippen LogP contribution in [0.2, 0.25) is 0 Å². The maximum Gasteiger partial charge on any atom is 0.279 e. The van der Waals surface area contributed by atoms with Crippen molar-refractivity contribution < 1.29 is 8.42 Å². The highest BCUT2D eigenvalue weighted by Gasteiger charge is 2.43. The Kier molecular flexibility index (Phi) is 3.20. The minimum absolute atomic E-state index is 0.338. The van der Waals surface area contributed by atoms with Gasteiger partial charge in [0.05, 0.1) is 0 Å². The maximum absolute atomic E-state index is 11.6. The van der Waals surface area contributed by atoms with E-state index in [1.807, 2.05) is 6.92 Å². The summed E-state index contributed by atoms with van der Waals surface area (Å²) in [4.78, 5) is 0. The van der Waals surface area contributed by atoms with Crippen LogP contribution in [-0.4, -0.2) is 38.9 Å². The molecule has 14 heavy (non-hydrogen) atoms. The van der Waals surface area contributed by atoms with Gasteiger partial charge >= 0.3 is 0 Å². The SMILES string of the molecule is CN(C)S(=O)(=O)NC(C)(CN)C1CC1. The zero-order valence-corrected chi connectivity index (χ0v) is 9.76. The zero-order chi connectivity index (χ0) is 11.0. The van der Waals surface area contributed by atoms with Crippen molar-refractivity contribution in [1.29, 1.82) is 0 Å². The third-order valence-corrected chi connectivity index (χ3v) is 4.43. The Hall–Kier alpha value is -0.170. The Balaban J connectivity index is 2.74. The van der Waals surface area contributed by atoms with Gasteiger partial charge in [-0.2, -0.15) is 17.4 Å². The first-order chi connectivity index (χ1) is 6.32. The first-order valence-electron chi connectivity index (χ1n) is 4.73. The summed E-state index contributed by atoms with van der Waals surface area (Å²) in [6, 6.07) is 0. The summed E-state index contributed by atoms with van der Waals surface area (Å²) in [5.41, 5.74) is 5.13. The Morgan fingerprint density at radius 2 is 2.00 bits per heavy atom. The fraction of sp³-hybridized carbons (Fsp3) is 1.00. The molecule has 0 spiro atoms. The average molecular weight is 221 g/mol. The predicted molar refractivity (Wildman–Crippen MR) is 55.9 cm³/mol. The van der Waals surface area contributed by atoms with E-state index < -0.39 is 15.7 Å². The van der Waals surface area contributed by atoms with Crippen molar-refractivity contribution in [3.8, 4) is 0 Å². The molecule has 0 saturated heterocycles. The summed E-state index contributed by atoms with van der Waals surface area (Å²) in [6.45, 7) is 2.20. The third-order valence-electron chi connectivity index (χ3n) is 2.75. The van der Waals surface area contributed by atoms with Gasteiger partial charge in [0.2, 0.25) is 0 Å². The van der Waals surface area contributed by atoms with Gasteiger partial charge in [-0.3, -0.25) is 0 Å². The number of hydrogen-bond acceptors (Lipinski definition) is 3. The van der Waals surface area contributed by atoms with Gasteiger partial charge in [0.1, 0.15) is 0 Å². The second kappa shape index (κ2) is 3.77. The molecular weight excluding hydrogens is 202 g/mol. The number of rotatable bonds is 5. The molecule has 0 bridgehead atoms. The average Bonchev–Trinajstić information content (AvgIpc) is 2.85. The molecule has 1 unspecified atom stereocenters. The molecule has 1 aliphatic carbocycles. The summed E-state index contributed by atoms with van der Waals surface area (Å²) in [6.07, 6.45) is 2.12. The Bertz CT molecular complexity index is 298. The van der Waals surface area contributed by atoms with E-state index in [1.165, 1.54) is 18.4 Å². The molecular formula is C8H19N3O2S. The van der Waals surface area contributed by atoms with Crippen LogP contribution in [0.25, 0.3) is 0 Å². The van der Waals surface area contributed by atoms with E-state index in [2.05, 4.69) is 4.72 Å². The van der Waals surface area contributed by atoms with Crippen molar-refractivity contribution in [3.05, 3.63) is 0 Å². The van der Waals surface area contributed by atoms with Crippen molar-refractivity contribution in [2.24, 2.45) is 11.7 Å². The van der Waals surface area contributed by atoms with Crippen LogP contribution in [0.5, 0.6) is 0 Å². The van der Waals surface area contributed by atoms with Gasteiger partial charge < -0.3 is 5.73 Å². The molecule has 1 atom stereocenters. The second-order valence-corrected chi connectivity index (χ2v) is 6.17. The van der Waals surface area contributed by atoms with Crippen LogP contribution in [0.3, 0.4) is 0 Å². The topological polar surface area (TPSA) is 75.4 Å². The standard InChI is InChI=1S/C8H19N3O2S/c1-8(6-9,7-4-5-7)10-14(12,13)11(2)3/h7,10H,4-6,9H2,1-3H3. The van der Waals surface area contributed by atoms with Gasteiger partial charge in [0.15, 0.2) is 0 Å². The maximum atomic E-state index is 11.6. The molecule has 1 aliphatic rings. The second-order valence-electron chi connectivity index (χ2n) is 4.29. The molecule has 0 amide bonds. The van der Waals surface area contributed by atoms with Crippen molar-refractivity contribution in [2.45, 2.75) is 25.3 Å². The minimum atomic E-state index is -3.37. The number of nitrogens with one attached hydrogen (secondary N) is 1.